The Balaban J connectivity index is 1.87. The van der Waals surface area contributed by atoms with Gasteiger partial charge in [0.1, 0.15) is 30.4 Å². The Kier molecular flexibility index (Phi) is 8.03. The fourth-order valence-electron chi connectivity index (χ4n) is 4.55. The van der Waals surface area contributed by atoms with Crippen LogP contribution < -0.4 is 20.7 Å². The number of carbonyl (C=O) groups excluding carboxylic acids is 1. The van der Waals surface area contributed by atoms with Crippen molar-refractivity contribution in [2.75, 3.05) is 33.4 Å². The molecule has 32 heavy (non-hydrogen) atoms. The molecule has 0 bridgehead atoms. The summed E-state index contributed by atoms with van der Waals surface area (Å²) in [6.07, 6.45) is 3.02. The van der Waals surface area contributed by atoms with Crippen LogP contribution in [0.5, 0.6) is 5.75 Å². The number of ether oxygens (including phenoxy) is 1. The maximum atomic E-state index is 14.8. The zero-order valence-electron chi connectivity index (χ0n) is 18.7. The molecule has 1 saturated heterocycles. The molecule has 2 aliphatic rings. The van der Waals surface area contributed by atoms with Gasteiger partial charge >= 0.3 is 0 Å². The molecule has 1 amide bonds. The predicted octanol–water partition coefficient (Wildman–Crippen LogP) is 3.05. The first-order valence-corrected chi connectivity index (χ1v) is 11.1. The number of carbonyl (C=O) groups is 1. The van der Waals surface area contributed by atoms with Gasteiger partial charge in [-0.15, -0.1) is 0 Å². The van der Waals surface area contributed by atoms with Crippen molar-refractivity contribution in [3.8, 4) is 5.75 Å². The summed E-state index contributed by atoms with van der Waals surface area (Å²) < 4.78 is 34.4. The van der Waals surface area contributed by atoms with Crippen LogP contribution in [0.15, 0.2) is 36.4 Å². The minimum atomic E-state index is -1.32. The van der Waals surface area contributed by atoms with E-state index in [0.29, 0.717) is 35.4 Å². The van der Waals surface area contributed by atoms with E-state index >= 15 is 0 Å². The number of piperidine rings is 1. The monoisotopic (exact) mass is 449 g/mol. The number of halogens is 2. The lowest BCUT2D eigenvalue weighted by Gasteiger charge is -2.30. The van der Waals surface area contributed by atoms with Crippen molar-refractivity contribution in [2.45, 2.75) is 50.1 Å². The largest absolute Gasteiger partial charge is 0.486 e. The van der Waals surface area contributed by atoms with E-state index < -0.39 is 30.6 Å². The number of aliphatic hydroxyl groups is 1. The number of hydrogen-bond acceptors (Lipinski definition) is 5. The average molecular weight is 450 g/mol. The highest BCUT2D eigenvalue weighted by molar-refractivity contribution is 5.95. The molecule has 176 valence electrons. The number of allylic oxidation sites excluding steroid dienone is 2. The molecule has 0 radical (unpaired) electrons. The third kappa shape index (κ3) is 5.19. The zero-order chi connectivity index (χ0) is 23.3. The van der Waals surface area contributed by atoms with Gasteiger partial charge in [0.15, 0.2) is 0 Å². The molecule has 4 N–H and O–H groups in total. The predicted molar refractivity (Wildman–Crippen MR) is 120 cm³/mol. The second-order valence-electron chi connectivity index (χ2n) is 8.55. The minimum absolute atomic E-state index is 0.195. The first kappa shape index (κ1) is 24.4. The van der Waals surface area contributed by atoms with Crippen LogP contribution in [-0.4, -0.2) is 56.1 Å². The van der Waals surface area contributed by atoms with E-state index in [2.05, 4.69) is 22.5 Å². The molecule has 1 aromatic carbocycles. The van der Waals surface area contributed by atoms with Gasteiger partial charge in [0, 0.05) is 42.1 Å². The third-order valence-electron chi connectivity index (χ3n) is 6.25. The average Bonchev–Trinajstić information content (AvgIpc) is 3.17. The number of fused-ring (bicyclic) bond motifs is 1. The highest BCUT2D eigenvalue weighted by Gasteiger charge is 2.39. The highest BCUT2D eigenvalue weighted by Crippen LogP contribution is 2.46. The molecular weight excluding hydrogens is 416 g/mol. The van der Waals surface area contributed by atoms with Crippen molar-refractivity contribution >= 4 is 5.91 Å². The smallest absolute Gasteiger partial charge is 0.251 e. The minimum Gasteiger partial charge on any atom is -0.486 e. The second kappa shape index (κ2) is 10.6. The molecule has 4 atom stereocenters. The van der Waals surface area contributed by atoms with E-state index in [9.17, 15) is 18.7 Å². The Morgan fingerprint density at radius 3 is 2.91 bits per heavy atom. The highest BCUT2D eigenvalue weighted by atomic mass is 19.1. The molecule has 2 aliphatic heterocycles. The summed E-state index contributed by atoms with van der Waals surface area (Å²) in [5.74, 6) is -0.410. The molecule has 8 heteroatoms. The van der Waals surface area contributed by atoms with Crippen LogP contribution in [0.25, 0.3) is 0 Å². The van der Waals surface area contributed by atoms with Gasteiger partial charge in [-0.1, -0.05) is 24.3 Å². The first-order chi connectivity index (χ1) is 15.3. The van der Waals surface area contributed by atoms with E-state index in [1.54, 1.807) is 25.3 Å². The van der Waals surface area contributed by atoms with Gasteiger partial charge < -0.3 is 20.5 Å². The van der Waals surface area contributed by atoms with Crippen molar-refractivity contribution in [2.24, 2.45) is 0 Å². The standard InChI is InChI=1S/C24H33F2N3O3/c1-4-6-15(2)20-17-11-16(12-18(23(31)27-3)21(17)32-19(20)13-25)22(30)29-10-8-24(26)7-5-9-28-14-24/h4,6,11-12,19-20,23,27-28,31H,1,5,7-10,13-14H2,2-3H3,(H,29,30)/b15-6+/t19-,20+,23?,24-/m1/s1. The van der Waals surface area contributed by atoms with Gasteiger partial charge in [-0.05, 0) is 45.5 Å². The number of alkyl halides is 2. The summed E-state index contributed by atoms with van der Waals surface area (Å²) in [6.45, 7) is 6.14. The van der Waals surface area contributed by atoms with Crippen molar-refractivity contribution in [1.29, 1.82) is 0 Å². The number of nitrogens with one attached hydrogen (secondary N) is 3. The van der Waals surface area contributed by atoms with Crippen LogP contribution in [0.2, 0.25) is 0 Å². The Bertz CT molecular complexity index is 868. The third-order valence-corrected chi connectivity index (χ3v) is 6.25. The molecule has 3 rings (SSSR count). The number of rotatable bonds is 9. The van der Waals surface area contributed by atoms with Gasteiger partial charge in [0.25, 0.3) is 5.91 Å². The molecule has 1 unspecified atom stereocenters. The number of benzene rings is 1. The normalized spacial score (nSPS) is 26.2. The molecule has 2 heterocycles. The van der Waals surface area contributed by atoms with Gasteiger partial charge in [-0.25, -0.2) is 8.78 Å². The van der Waals surface area contributed by atoms with Crippen molar-refractivity contribution < 1.29 is 23.4 Å². The van der Waals surface area contributed by atoms with Crippen LogP contribution in [0, 0.1) is 0 Å². The molecule has 0 saturated carbocycles. The van der Waals surface area contributed by atoms with E-state index in [1.165, 1.54) is 6.07 Å². The van der Waals surface area contributed by atoms with Crippen LogP contribution in [-0.2, 0) is 0 Å². The molecule has 1 aromatic rings. The van der Waals surface area contributed by atoms with Crippen molar-refractivity contribution in [3.05, 3.63) is 53.1 Å². The summed E-state index contributed by atoms with van der Waals surface area (Å²) in [5, 5.41) is 19.0. The number of hydrogen-bond donors (Lipinski definition) is 4. The van der Waals surface area contributed by atoms with E-state index in [1.807, 2.05) is 6.92 Å². The maximum absolute atomic E-state index is 14.8. The lowest BCUT2D eigenvalue weighted by molar-refractivity contribution is 0.0907. The molecule has 0 spiro atoms. The van der Waals surface area contributed by atoms with Gasteiger partial charge in [-0.2, -0.15) is 0 Å². The fourth-order valence-corrected chi connectivity index (χ4v) is 4.55. The van der Waals surface area contributed by atoms with E-state index in [4.69, 9.17) is 4.74 Å². The van der Waals surface area contributed by atoms with Gasteiger partial charge in [0.05, 0.1) is 0 Å². The van der Waals surface area contributed by atoms with Gasteiger partial charge in [0.2, 0.25) is 0 Å². The van der Waals surface area contributed by atoms with Crippen LogP contribution in [0.1, 0.15) is 59.8 Å². The lowest BCUT2D eigenvalue weighted by atomic mass is 9.86. The SMILES string of the molecule is C=C/C=C(\C)[C@H]1c2cc(C(=O)NCC[C@]3(F)CCCNC3)cc(C(O)NC)c2O[C@@H]1CF. The summed E-state index contributed by atoms with van der Waals surface area (Å²) in [7, 11) is 1.57. The number of amides is 1. The van der Waals surface area contributed by atoms with E-state index in [0.717, 1.165) is 18.5 Å². The summed E-state index contributed by atoms with van der Waals surface area (Å²) >= 11 is 0. The molecule has 0 aliphatic carbocycles. The fraction of sp³-hybridized carbons (Fsp3) is 0.542. The topological polar surface area (TPSA) is 82.6 Å². The first-order valence-electron chi connectivity index (χ1n) is 11.1. The number of aliphatic hydroxyl groups excluding tert-OH is 1. The molecule has 6 nitrogen and oxygen atoms in total. The summed E-state index contributed by atoms with van der Waals surface area (Å²) in [6, 6.07) is 3.21. The quantitative estimate of drug-likeness (QED) is 0.344. The van der Waals surface area contributed by atoms with E-state index in [-0.39, 0.29) is 18.9 Å². The molecule has 1 fully saturated rings. The second-order valence-corrected chi connectivity index (χ2v) is 8.55. The van der Waals surface area contributed by atoms with Crippen LogP contribution >= 0.6 is 0 Å². The molecule has 0 aromatic heterocycles. The van der Waals surface area contributed by atoms with Crippen molar-refractivity contribution in [1.82, 2.24) is 16.0 Å². The zero-order valence-corrected chi connectivity index (χ0v) is 18.7. The Morgan fingerprint density at radius 2 is 2.28 bits per heavy atom. The molecular formula is C24H33F2N3O3. The Labute approximate surface area is 188 Å². The van der Waals surface area contributed by atoms with Crippen LogP contribution in [0.4, 0.5) is 8.78 Å². The summed E-state index contributed by atoms with van der Waals surface area (Å²) in [5.41, 5.74) is 0.825. The Morgan fingerprint density at radius 1 is 1.50 bits per heavy atom. The summed E-state index contributed by atoms with van der Waals surface area (Å²) in [4.78, 5) is 12.9. The maximum Gasteiger partial charge on any atom is 0.251 e. The van der Waals surface area contributed by atoms with Gasteiger partial charge in [-0.3, -0.25) is 10.1 Å². The lowest BCUT2D eigenvalue weighted by Crippen LogP contribution is -2.44. The Hall–Kier alpha value is -2.29. The van der Waals surface area contributed by atoms with Crippen LogP contribution in [0.3, 0.4) is 0 Å². The van der Waals surface area contributed by atoms with Crippen molar-refractivity contribution in [3.63, 3.8) is 0 Å².